The second-order valence-corrected chi connectivity index (χ2v) is 8.97. The zero-order chi connectivity index (χ0) is 28.9. The van der Waals surface area contributed by atoms with Crippen molar-refractivity contribution in [3.05, 3.63) is 102 Å². The fraction of sp³-hybridized carbons (Fsp3) is 0.455. The molecule has 1 aliphatic heterocycles. The van der Waals surface area contributed by atoms with Gasteiger partial charge in [-0.15, -0.1) is 0 Å². The Labute approximate surface area is 234 Å². The van der Waals surface area contributed by atoms with Crippen LogP contribution in [-0.4, -0.2) is 43.0 Å². The van der Waals surface area contributed by atoms with Gasteiger partial charge in [-0.3, -0.25) is 4.90 Å². The van der Waals surface area contributed by atoms with Gasteiger partial charge >= 0.3 is 0 Å². The Morgan fingerprint density at radius 1 is 1.03 bits per heavy atom. The smallest absolute Gasteiger partial charge is 0.0886 e. The third-order valence-corrected chi connectivity index (χ3v) is 5.93. The fourth-order valence-corrected chi connectivity index (χ4v) is 3.75. The highest BCUT2D eigenvalue weighted by Gasteiger charge is 2.14. The highest BCUT2D eigenvalue weighted by Crippen LogP contribution is 2.17. The summed E-state index contributed by atoms with van der Waals surface area (Å²) in [5.74, 6) is 0.553. The highest BCUT2D eigenvalue weighted by atomic mass is 15.1. The van der Waals surface area contributed by atoms with Crippen LogP contribution in [-0.2, 0) is 13.0 Å². The van der Waals surface area contributed by atoms with Crippen molar-refractivity contribution >= 4 is 5.69 Å². The lowest BCUT2D eigenvalue weighted by Gasteiger charge is -2.28. The minimum atomic E-state index is 0.553. The number of benzene rings is 2. The average Bonchev–Trinajstić information content (AvgIpc) is 2.94. The zero-order valence-electron chi connectivity index (χ0n) is 25.5. The van der Waals surface area contributed by atoms with E-state index in [-0.39, 0.29) is 0 Å². The maximum atomic E-state index is 5.46. The van der Waals surface area contributed by atoms with Crippen molar-refractivity contribution in [2.45, 2.75) is 67.9 Å². The van der Waals surface area contributed by atoms with E-state index in [4.69, 9.17) is 5.73 Å². The average molecular weight is 522 g/mol. The summed E-state index contributed by atoms with van der Waals surface area (Å²) in [5.41, 5.74) is 13.3. The Bertz CT molecular complexity index is 946. The van der Waals surface area contributed by atoms with Gasteiger partial charge < -0.3 is 21.3 Å². The van der Waals surface area contributed by atoms with E-state index in [2.05, 4.69) is 109 Å². The second kappa shape index (κ2) is 20.8. The van der Waals surface area contributed by atoms with Gasteiger partial charge in [0.05, 0.1) is 5.82 Å². The van der Waals surface area contributed by atoms with Crippen molar-refractivity contribution in [2.24, 2.45) is 5.73 Å². The molecule has 212 valence electrons. The summed E-state index contributed by atoms with van der Waals surface area (Å²) in [6, 6.07) is 17.1. The number of fused-ring (bicyclic) bond motifs is 1. The maximum Gasteiger partial charge on any atom is 0.0886 e. The molecule has 0 fully saturated rings. The molecular formula is C33H55N5. The molecule has 38 heavy (non-hydrogen) atoms. The summed E-state index contributed by atoms with van der Waals surface area (Å²) in [5, 5.41) is 6.47. The Hall–Kier alpha value is -3.18. The molecule has 0 bridgehead atoms. The number of nitrogens with two attached hydrogens (primary N) is 1. The van der Waals surface area contributed by atoms with E-state index in [1.807, 2.05) is 34.7 Å². The Balaban J connectivity index is 0.000000639. The van der Waals surface area contributed by atoms with E-state index in [0.717, 1.165) is 56.9 Å². The molecule has 0 amide bonds. The molecule has 0 saturated carbocycles. The molecule has 3 rings (SSSR count). The topological polar surface area (TPSA) is 56.6 Å². The van der Waals surface area contributed by atoms with Crippen molar-refractivity contribution in [1.29, 1.82) is 0 Å². The highest BCUT2D eigenvalue weighted by molar-refractivity contribution is 5.45. The minimum Gasteiger partial charge on any atom is -0.386 e. The van der Waals surface area contributed by atoms with Crippen molar-refractivity contribution in [3.8, 4) is 0 Å². The second-order valence-electron chi connectivity index (χ2n) is 8.97. The zero-order valence-corrected chi connectivity index (χ0v) is 25.5. The summed E-state index contributed by atoms with van der Waals surface area (Å²) < 4.78 is 0. The van der Waals surface area contributed by atoms with Crippen LogP contribution in [0.2, 0.25) is 0 Å². The molecule has 4 N–H and O–H groups in total. The van der Waals surface area contributed by atoms with E-state index >= 15 is 0 Å². The van der Waals surface area contributed by atoms with Crippen LogP contribution in [0.15, 0.2) is 85.0 Å². The van der Waals surface area contributed by atoms with Crippen LogP contribution in [0.4, 0.5) is 5.69 Å². The van der Waals surface area contributed by atoms with Gasteiger partial charge in [0.1, 0.15) is 0 Å². The lowest BCUT2D eigenvalue weighted by Crippen LogP contribution is -2.36. The Morgan fingerprint density at radius 2 is 1.63 bits per heavy atom. The molecule has 2 aromatic rings. The van der Waals surface area contributed by atoms with Gasteiger partial charge in [-0.2, -0.15) is 0 Å². The summed E-state index contributed by atoms with van der Waals surface area (Å²) in [7, 11) is 2.04. The van der Waals surface area contributed by atoms with Crippen molar-refractivity contribution in [1.82, 2.24) is 15.1 Å². The first-order chi connectivity index (χ1) is 18.3. The molecule has 2 aromatic carbocycles. The molecular weight excluding hydrogens is 466 g/mol. The molecule has 1 heterocycles. The monoisotopic (exact) mass is 521 g/mol. The van der Waals surface area contributed by atoms with Crippen LogP contribution in [0, 0.1) is 6.92 Å². The molecule has 0 spiro atoms. The SMILES string of the molecule is C=C(CC)N(C)/C=C(\C)CNc1ccc(C)cc1.C=C(N)NCCN1CCc2ccccc2C1.CC.CC. The first kappa shape index (κ1) is 34.8. The molecule has 0 unspecified atom stereocenters. The molecule has 0 aliphatic carbocycles. The molecule has 0 saturated heterocycles. The van der Waals surface area contributed by atoms with Crippen LogP contribution in [0.5, 0.6) is 0 Å². The van der Waals surface area contributed by atoms with Crippen LogP contribution in [0.25, 0.3) is 0 Å². The van der Waals surface area contributed by atoms with Crippen LogP contribution in [0.1, 0.15) is 64.7 Å². The van der Waals surface area contributed by atoms with E-state index in [9.17, 15) is 0 Å². The van der Waals surface area contributed by atoms with E-state index in [1.165, 1.54) is 22.3 Å². The molecule has 1 aliphatic rings. The van der Waals surface area contributed by atoms with Gasteiger partial charge in [0.15, 0.2) is 0 Å². The third kappa shape index (κ3) is 14.5. The summed E-state index contributed by atoms with van der Waals surface area (Å²) in [6.07, 6.45) is 4.26. The third-order valence-electron chi connectivity index (χ3n) is 5.93. The lowest BCUT2D eigenvalue weighted by atomic mass is 10.00. The lowest BCUT2D eigenvalue weighted by molar-refractivity contribution is 0.256. The van der Waals surface area contributed by atoms with Gasteiger partial charge in [0.25, 0.3) is 0 Å². The number of hydrogen-bond donors (Lipinski definition) is 3. The number of aryl methyl sites for hydroxylation is 1. The van der Waals surface area contributed by atoms with Gasteiger partial charge in [-0.25, -0.2) is 0 Å². The van der Waals surface area contributed by atoms with Crippen molar-refractivity contribution in [2.75, 3.05) is 38.5 Å². The Kier molecular flexibility index (Phi) is 19.1. The number of nitrogens with zero attached hydrogens (tertiary/aromatic N) is 2. The van der Waals surface area contributed by atoms with Gasteiger partial charge in [0.2, 0.25) is 0 Å². The van der Waals surface area contributed by atoms with Gasteiger partial charge in [-0.1, -0.05) is 89.7 Å². The van der Waals surface area contributed by atoms with Gasteiger partial charge in [0, 0.05) is 57.4 Å². The summed E-state index contributed by atoms with van der Waals surface area (Å²) >= 11 is 0. The minimum absolute atomic E-state index is 0.553. The van der Waals surface area contributed by atoms with E-state index < -0.39 is 0 Å². The normalized spacial score (nSPS) is 12.2. The van der Waals surface area contributed by atoms with Gasteiger partial charge in [-0.05, 0) is 55.5 Å². The first-order valence-corrected chi connectivity index (χ1v) is 14.1. The van der Waals surface area contributed by atoms with Crippen LogP contribution >= 0.6 is 0 Å². The van der Waals surface area contributed by atoms with E-state index in [1.54, 1.807) is 0 Å². The molecule has 0 atom stereocenters. The number of hydrogen-bond acceptors (Lipinski definition) is 5. The quantitative estimate of drug-likeness (QED) is 0.307. The standard InChI is InChI=1S/C16H24N2.C13H19N3.2C2H6/c1-6-15(4)18(5)12-14(3)11-17-16-9-7-13(2)8-10-16;1-11(14)15-7-9-16-8-6-12-4-2-3-5-13(12)10-16;2*1-2/h7-10,12,17H,4,6,11H2,1-3,5H3;2-5,15H,1,6-10,14H2;2*1-2H3/b14-12+;;;. The Morgan fingerprint density at radius 3 is 2.21 bits per heavy atom. The van der Waals surface area contributed by atoms with Crippen LogP contribution < -0.4 is 16.4 Å². The maximum absolute atomic E-state index is 5.46. The number of anilines is 1. The first-order valence-electron chi connectivity index (χ1n) is 14.1. The summed E-state index contributed by atoms with van der Waals surface area (Å²) in [6.45, 7) is 26.9. The number of allylic oxidation sites excluding steroid dienone is 1. The molecule has 0 aromatic heterocycles. The largest absolute Gasteiger partial charge is 0.386 e. The predicted molar refractivity (Wildman–Crippen MR) is 170 cm³/mol. The fourth-order valence-electron chi connectivity index (χ4n) is 3.75. The van der Waals surface area contributed by atoms with Crippen LogP contribution in [0.3, 0.4) is 0 Å². The molecule has 0 radical (unpaired) electrons. The van der Waals surface area contributed by atoms with Crippen molar-refractivity contribution < 1.29 is 0 Å². The van der Waals surface area contributed by atoms with E-state index in [0.29, 0.717) is 5.82 Å². The molecule has 5 nitrogen and oxygen atoms in total. The molecule has 5 heteroatoms. The predicted octanol–water partition coefficient (Wildman–Crippen LogP) is 7.28. The number of nitrogens with one attached hydrogen (secondary N) is 2. The summed E-state index contributed by atoms with van der Waals surface area (Å²) in [4.78, 5) is 4.53. The van der Waals surface area contributed by atoms with Crippen molar-refractivity contribution in [3.63, 3.8) is 0 Å². The number of rotatable bonds is 10.